The highest BCUT2D eigenvalue weighted by molar-refractivity contribution is 5.64. The van der Waals surface area contributed by atoms with Gasteiger partial charge in [-0.05, 0) is 12.8 Å². The van der Waals surface area contributed by atoms with E-state index in [-0.39, 0.29) is 6.04 Å². The number of amides is 1. The minimum absolute atomic E-state index is 0.200. The molecule has 1 saturated carbocycles. The summed E-state index contributed by atoms with van der Waals surface area (Å²) < 4.78 is 0. The van der Waals surface area contributed by atoms with Crippen LogP contribution in [0.1, 0.15) is 57.8 Å². The maximum atomic E-state index is 10.5. The van der Waals surface area contributed by atoms with Gasteiger partial charge >= 0.3 is 6.09 Å². The van der Waals surface area contributed by atoms with Crippen LogP contribution in [0.2, 0.25) is 0 Å². The highest BCUT2D eigenvalue weighted by Crippen LogP contribution is 2.16. The third kappa shape index (κ3) is 5.10. The van der Waals surface area contributed by atoms with Crippen molar-refractivity contribution in [3.8, 4) is 0 Å². The second kappa shape index (κ2) is 6.68. The quantitative estimate of drug-likeness (QED) is 0.681. The van der Waals surface area contributed by atoms with Crippen molar-refractivity contribution in [2.24, 2.45) is 0 Å². The zero-order valence-corrected chi connectivity index (χ0v) is 8.80. The summed E-state index contributed by atoms with van der Waals surface area (Å²) in [6.45, 7) is 0. The van der Waals surface area contributed by atoms with Crippen molar-refractivity contribution < 1.29 is 9.90 Å². The molecule has 1 aliphatic carbocycles. The van der Waals surface area contributed by atoms with Gasteiger partial charge < -0.3 is 10.4 Å². The van der Waals surface area contributed by atoms with Crippen molar-refractivity contribution in [1.29, 1.82) is 0 Å². The SMILES string of the molecule is O=C(O)NC1CCCCCCCCC1. The Morgan fingerprint density at radius 3 is 1.79 bits per heavy atom. The fourth-order valence-electron chi connectivity index (χ4n) is 2.13. The van der Waals surface area contributed by atoms with Crippen LogP contribution in [-0.2, 0) is 0 Å². The van der Waals surface area contributed by atoms with Crippen molar-refractivity contribution in [2.45, 2.75) is 63.8 Å². The molecular formula is C11H21NO2. The van der Waals surface area contributed by atoms with E-state index in [9.17, 15) is 4.79 Å². The number of nitrogens with one attached hydrogen (secondary N) is 1. The molecule has 0 aromatic carbocycles. The van der Waals surface area contributed by atoms with Crippen molar-refractivity contribution in [1.82, 2.24) is 5.32 Å². The predicted octanol–water partition coefficient (Wildman–Crippen LogP) is 3.15. The Hall–Kier alpha value is -0.730. The molecule has 1 rings (SSSR count). The molecule has 0 aromatic heterocycles. The van der Waals surface area contributed by atoms with Crippen LogP contribution in [-0.4, -0.2) is 17.2 Å². The lowest BCUT2D eigenvalue weighted by atomic mass is 9.98. The number of carboxylic acid groups (broad SMARTS) is 1. The van der Waals surface area contributed by atoms with E-state index in [1.165, 1.54) is 44.9 Å². The van der Waals surface area contributed by atoms with Crippen molar-refractivity contribution >= 4 is 6.09 Å². The van der Waals surface area contributed by atoms with Crippen LogP contribution in [0.4, 0.5) is 4.79 Å². The fourth-order valence-corrected chi connectivity index (χ4v) is 2.13. The maximum absolute atomic E-state index is 10.5. The number of hydrogen-bond acceptors (Lipinski definition) is 1. The first-order valence-electron chi connectivity index (χ1n) is 5.78. The van der Waals surface area contributed by atoms with Gasteiger partial charge in [0.05, 0.1) is 0 Å². The van der Waals surface area contributed by atoms with Crippen LogP contribution in [0.15, 0.2) is 0 Å². The molecule has 0 unspecified atom stereocenters. The monoisotopic (exact) mass is 199 g/mol. The lowest BCUT2D eigenvalue weighted by Gasteiger charge is -2.18. The van der Waals surface area contributed by atoms with E-state index >= 15 is 0 Å². The Morgan fingerprint density at radius 2 is 1.36 bits per heavy atom. The highest BCUT2D eigenvalue weighted by Gasteiger charge is 2.11. The summed E-state index contributed by atoms with van der Waals surface area (Å²) in [5, 5.41) is 11.3. The Kier molecular flexibility index (Phi) is 5.42. The molecule has 1 amide bonds. The summed E-state index contributed by atoms with van der Waals surface area (Å²) in [5.41, 5.74) is 0. The maximum Gasteiger partial charge on any atom is 0.404 e. The standard InChI is InChI=1S/C11H21NO2/c13-11(14)12-10-8-6-4-2-1-3-5-7-9-10/h10,12H,1-9H2,(H,13,14). The summed E-state index contributed by atoms with van der Waals surface area (Å²) in [7, 11) is 0. The lowest BCUT2D eigenvalue weighted by Crippen LogP contribution is -2.33. The Labute approximate surface area is 85.9 Å². The molecule has 0 bridgehead atoms. The summed E-state index contributed by atoms with van der Waals surface area (Å²) in [4.78, 5) is 10.5. The van der Waals surface area contributed by atoms with Gasteiger partial charge in [0.2, 0.25) is 0 Å². The normalized spacial score (nSPS) is 21.4. The van der Waals surface area contributed by atoms with Crippen LogP contribution in [0.5, 0.6) is 0 Å². The molecule has 82 valence electrons. The van der Waals surface area contributed by atoms with Crippen LogP contribution in [0, 0.1) is 0 Å². The van der Waals surface area contributed by atoms with Crippen LogP contribution in [0.3, 0.4) is 0 Å². The molecule has 14 heavy (non-hydrogen) atoms. The second-order valence-electron chi connectivity index (χ2n) is 4.20. The van der Waals surface area contributed by atoms with Gasteiger partial charge in [-0.1, -0.05) is 44.9 Å². The van der Waals surface area contributed by atoms with E-state index in [0.717, 1.165) is 12.8 Å². The zero-order chi connectivity index (χ0) is 10.2. The number of hydrogen-bond donors (Lipinski definition) is 2. The summed E-state index contributed by atoms with van der Waals surface area (Å²) in [6.07, 6.45) is 10.0. The molecule has 3 heteroatoms. The minimum Gasteiger partial charge on any atom is -0.465 e. The molecule has 0 spiro atoms. The first-order valence-corrected chi connectivity index (χ1v) is 5.78. The number of rotatable bonds is 1. The molecule has 0 radical (unpaired) electrons. The Bertz CT molecular complexity index is 161. The predicted molar refractivity (Wildman–Crippen MR) is 56.5 cm³/mol. The van der Waals surface area contributed by atoms with Crippen molar-refractivity contribution in [3.05, 3.63) is 0 Å². The summed E-state index contributed by atoms with van der Waals surface area (Å²) >= 11 is 0. The van der Waals surface area contributed by atoms with E-state index in [1.54, 1.807) is 0 Å². The summed E-state index contributed by atoms with van der Waals surface area (Å²) in [6, 6.07) is 0.200. The smallest absolute Gasteiger partial charge is 0.404 e. The van der Waals surface area contributed by atoms with Gasteiger partial charge in [0.25, 0.3) is 0 Å². The molecule has 2 N–H and O–H groups in total. The third-order valence-electron chi connectivity index (χ3n) is 2.93. The molecule has 3 nitrogen and oxygen atoms in total. The molecule has 0 atom stereocenters. The molecule has 1 fully saturated rings. The van der Waals surface area contributed by atoms with Crippen LogP contribution >= 0.6 is 0 Å². The third-order valence-corrected chi connectivity index (χ3v) is 2.93. The average Bonchev–Trinajstić information content (AvgIpc) is 2.15. The Balaban J connectivity index is 2.26. The second-order valence-corrected chi connectivity index (χ2v) is 4.20. The zero-order valence-electron chi connectivity index (χ0n) is 8.80. The topological polar surface area (TPSA) is 49.3 Å². The van der Waals surface area contributed by atoms with E-state index in [0.29, 0.717) is 0 Å². The van der Waals surface area contributed by atoms with Gasteiger partial charge in [-0.15, -0.1) is 0 Å². The van der Waals surface area contributed by atoms with E-state index < -0.39 is 6.09 Å². The van der Waals surface area contributed by atoms with Crippen molar-refractivity contribution in [3.63, 3.8) is 0 Å². The highest BCUT2D eigenvalue weighted by atomic mass is 16.4. The van der Waals surface area contributed by atoms with Gasteiger partial charge in [0.1, 0.15) is 0 Å². The van der Waals surface area contributed by atoms with Gasteiger partial charge in [0.15, 0.2) is 0 Å². The van der Waals surface area contributed by atoms with Gasteiger partial charge in [-0.3, -0.25) is 0 Å². The van der Waals surface area contributed by atoms with Crippen LogP contribution < -0.4 is 5.32 Å². The molecule has 0 aliphatic heterocycles. The first-order chi connectivity index (χ1) is 6.79. The first kappa shape index (κ1) is 11.3. The minimum atomic E-state index is -0.868. The van der Waals surface area contributed by atoms with Crippen LogP contribution in [0.25, 0.3) is 0 Å². The largest absolute Gasteiger partial charge is 0.465 e. The fraction of sp³-hybridized carbons (Fsp3) is 0.909. The Morgan fingerprint density at radius 1 is 0.929 bits per heavy atom. The molecule has 0 heterocycles. The molecule has 1 aliphatic rings. The lowest BCUT2D eigenvalue weighted by molar-refractivity contribution is 0.187. The van der Waals surface area contributed by atoms with Gasteiger partial charge in [-0.2, -0.15) is 0 Å². The summed E-state index contributed by atoms with van der Waals surface area (Å²) in [5.74, 6) is 0. The molecule has 0 aromatic rings. The molecular weight excluding hydrogens is 178 g/mol. The van der Waals surface area contributed by atoms with Gasteiger partial charge in [-0.25, -0.2) is 4.79 Å². The van der Waals surface area contributed by atoms with Gasteiger partial charge in [0, 0.05) is 6.04 Å². The molecule has 0 saturated heterocycles. The number of carbonyl (C=O) groups is 1. The van der Waals surface area contributed by atoms with Crippen molar-refractivity contribution in [2.75, 3.05) is 0 Å². The van der Waals surface area contributed by atoms with E-state index in [4.69, 9.17) is 5.11 Å². The van der Waals surface area contributed by atoms with E-state index in [1.807, 2.05) is 0 Å². The average molecular weight is 199 g/mol. The van der Waals surface area contributed by atoms with E-state index in [2.05, 4.69) is 5.32 Å².